The summed E-state index contributed by atoms with van der Waals surface area (Å²) in [5, 5.41) is 0. The fourth-order valence-electron chi connectivity index (χ4n) is 1.94. The summed E-state index contributed by atoms with van der Waals surface area (Å²) in [7, 11) is 1.71. The molecule has 0 aromatic rings. The van der Waals surface area contributed by atoms with E-state index in [4.69, 9.17) is 4.74 Å². The zero-order valence-electron chi connectivity index (χ0n) is 7.25. The van der Waals surface area contributed by atoms with Crippen LogP contribution in [0.5, 0.6) is 0 Å². The predicted octanol–water partition coefficient (Wildman–Crippen LogP) is 1.64. The van der Waals surface area contributed by atoms with Gasteiger partial charge < -0.3 is 9.53 Å². The van der Waals surface area contributed by atoms with Gasteiger partial charge in [-0.1, -0.05) is 6.42 Å². The van der Waals surface area contributed by atoms with E-state index in [0.717, 1.165) is 19.1 Å². The highest BCUT2D eigenvalue weighted by molar-refractivity contribution is 5.54. The van der Waals surface area contributed by atoms with Crippen molar-refractivity contribution in [1.29, 1.82) is 0 Å². The highest BCUT2D eigenvalue weighted by atomic mass is 16.5. The molecule has 0 aliphatic heterocycles. The van der Waals surface area contributed by atoms with E-state index in [-0.39, 0.29) is 12.0 Å². The van der Waals surface area contributed by atoms with Crippen LogP contribution in [0.4, 0.5) is 0 Å². The second-order valence-corrected chi connectivity index (χ2v) is 3.34. The Morgan fingerprint density at radius 3 is 2.82 bits per heavy atom. The van der Waals surface area contributed by atoms with E-state index in [1.807, 2.05) is 6.92 Å². The van der Waals surface area contributed by atoms with Gasteiger partial charge in [-0.2, -0.15) is 0 Å². The highest BCUT2D eigenvalue weighted by Crippen LogP contribution is 2.33. The van der Waals surface area contributed by atoms with Crippen molar-refractivity contribution in [3.8, 4) is 0 Å². The molecule has 0 spiro atoms. The average Bonchev–Trinajstić information content (AvgIpc) is 2.50. The van der Waals surface area contributed by atoms with Gasteiger partial charge in [0, 0.05) is 13.0 Å². The molecule has 0 amide bonds. The molecule has 1 aliphatic rings. The van der Waals surface area contributed by atoms with Crippen LogP contribution < -0.4 is 0 Å². The van der Waals surface area contributed by atoms with Gasteiger partial charge in [0.15, 0.2) is 0 Å². The number of carbonyl (C=O) groups excluding carboxylic acids is 1. The highest BCUT2D eigenvalue weighted by Gasteiger charge is 2.30. The lowest BCUT2D eigenvalue weighted by atomic mass is 9.93. The number of hydrogen-bond donors (Lipinski definition) is 0. The summed E-state index contributed by atoms with van der Waals surface area (Å²) >= 11 is 0. The molecule has 2 nitrogen and oxygen atoms in total. The van der Waals surface area contributed by atoms with Crippen molar-refractivity contribution < 1.29 is 9.53 Å². The second-order valence-electron chi connectivity index (χ2n) is 3.34. The van der Waals surface area contributed by atoms with Crippen molar-refractivity contribution in [2.24, 2.45) is 11.8 Å². The lowest BCUT2D eigenvalue weighted by Gasteiger charge is -2.20. The molecule has 0 unspecified atom stereocenters. The first kappa shape index (κ1) is 8.72. The van der Waals surface area contributed by atoms with E-state index < -0.39 is 0 Å². The quantitative estimate of drug-likeness (QED) is 0.580. The molecule has 3 atom stereocenters. The molecular formula is C9H16O2. The first-order valence-corrected chi connectivity index (χ1v) is 4.27. The maximum Gasteiger partial charge on any atom is 0.123 e. The minimum Gasteiger partial charge on any atom is -0.381 e. The standard InChI is InChI=1S/C9H16O2/c1-7(11-2)9-5-3-4-8(9)6-10/h6-9H,3-5H2,1-2H3/t7-,8+,9+/m0/s1. The van der Waals surface area contributed by atoms with Gasteiger partial charge in [0.2, 0.25) is 0 Å². The van der Waals surface area contributed by atoms with E-state index in [0.29, 0.717) is 5.92 Å². The molecule has 0 heterocycles. The first-order chi connectivity index (χ1) is 5.29. The maximum absolute atomic E-state index is 10.6. The minimum atomic E-state index is 0.243. The lowest BCUT2D eigenvalue weighted by molar-refractivity contribution is -0.113. The molecule has 1 rings (SSSR count). The summed E-state index contributed by atoms with van der Waals surface area (Å²) in [5.74, 6) is 0.724. The van der Waals surface area contributed by atoms with Crippen molar-refractivity contribution in [3.05, 3.63) is 0 Å². The fourth-order valence-corrected chi connectivity index (χ4v) is 1.94. The van der Waals surface area contributed by atoms with Gasteiger partial charge in [0.25, 0.3) is 0 Å². The molecule has 0 saturated heterocycles. The van der Waals surface area contributed by atoms with Crippen LogP contribution in [-0.2, 0) is 9.53 Å². The van der Waals surface area contributed by atoms with Gasteiger partial charge in [0.05, 0.1) is 6.10 Å². The van der Waals surface area contributed by atoms with E-state index in [9.17, 15) is 4.79 Å². The van der Waals surface area contributed by atoms with Crippen molar-refractivity contribution in [1.82, 2.24) is 0 Å². The molecule has 11 heavy (non-hydrogen) atoms. The Kier molecular flexibility index (Phi) is 3.06. The minimum absolute atomic E-state index is 0.243. The Morgan fingerprint density at radius 1 is 1.55 bits per heavy atom. The van der Waals surface area contributed by atoms with Crippen molar-refractivity contribution in [2.75, 3.05) is 7.11 Å². The van der Waals surface area contributed by atoms with Gasteiger partial charge in [-0.05, 0) is 25.7 Å². The van der Waals surface area contributed by atoms with Crippen molar-refractivity contribution in [3.63, 3.8) is 0 Å². The van der Waals surface area contributed by atoms with Crippen LogP contribution in [0.1, 0.15) is 26.2 Å². The van der Waals surface area contributed by atoms with Crippen LogP contribution in [0.3, 0.4) is 0 Å². The van der Waals surface area contributed by atoms with E-state index in [1.54, 1.807) is 7.11 Å². The monoisotopic (exact) mass is 156 g/mol. The van der Waals surface area contributed by atoms with Crippen LogP contribution >= 0.6 is 0 Å². The Morgan fingerprint density at radius 2 is 2.27 bits per heavy atom. The number of methoxy groups -OCH3 is 1. The number of hydrogen-bond acceptors (Lipinski definition) is 2. The Hall–Kier alpha value is -0.370. The third-order valence-electron chi connectivity index (χ3n) is 2.77. The fraction of sp³-hybridized carbons (Fsp3) is 0.889. The number of ether oxygens (including phenoxy) is 1. The van der Waals surface area contributed by atoms with Crippen LogP contribution in [-0.4, -0.2) is 19.5 Å². The molecule has 0 aromatic carbocycles. The largest absolute Gasteiger partial charge is 0.381 e. The van der Waals surface area contributed by atoms with Gasteiger partial charge >= 0.3 is 0 Å². The maximum atomic E-state index is 10.6. The predicted molar refractivity (Wildman–Crippen MR) is 43.4 cm³/mol. The number of carbonyl (C=O) groups is 1. The molecule has 0 N–H and O–H groups in total. The average molecular weight is 156 g/mol. The molecular weight excluding hydrogens is 140 g/mol. The van der Waals surface area contributed by atoms with Crippen molar-refractivity contribution in [2.45, 2.75) is 32.3 Å². The molecule has 0 aromatic heterocycles. The Labute approximate surface area is 67.9 Å². The van der Waals surface area contributed by atoms with Gasteiger partial charge in [-0.3, -0.25) is 0 Å². The van der Waals surface area contributed by atoms with Crippen LogP contribution in [0.25, 0.3) is 0 Å². The summed E-state index contributed by atoms with van der Waals surface area (Å²) in [6.45, 7) is 2.05. The molecule has 0 radical (unpaired) electrons. The SMILES string of the molecule is CO[C@@H](C)[C@H]1CCC[C@@H]1C=O. The molecule has 1 fully saturated rings. The zero-order chi connectivity index (χ0) is 8.27. The molecule has 1 saturated carbocycles. The summed E-state index contributed by atoms with van der Waals surface area (Å²) in [5.41, 5.74) is 0. The summed E-state index contributed by atoms with van der Waals surface area (Å²) < 4.78 is 5.21. The summed E-state index contributed by atoms with van der Waals surface area (Å²) in [6, 6.07) is 0. The van der Waals surface area contributed by atoms with Gasteiger partial charge in [-0.15, -0.1) is 0 Å². The third-order valence-corrected chi connectivity index (χ3v) is 2.77. The second kappa shape index (κ2) is 3.86. The Balaban J connectivity index is 2.48. The molecule has 1 aliphatic carbocycles. The van der Waals surface area contributed by atoms with E-state index in [1.165, 1.54) is 6.42 Å². The van der Waals surface area contributed by atoms with Crippen molar-refractivity contribution >= 4 is 6.29 Å². The molecule has 2 heteroatoms. The zero-order valence-corrected chi connectivity index (χ0v) is 7.25. The Bertz CT molecular complexity index is 134. The topological polar surface area (TPSA) is 26.3 Å². The number of rotatable bonds is 3. The molecule has 64 valence electrons. The van der Waals surface area contributed by atoms with E-state index in [2.05, 4.69) is 0 Å². The normalized spacial score (nSPS) is 33.6. The smallest absolute Gasteiger partial charge is 0.123 e. The third kappa shape index (κ3) is 1.80. The van der Waals surface area contributed by atoms with Gasteiger partial charge in [0.1, 0.15) is 6.29 Å². The summed E-state index contributed by atoms with van der Waals surface area (Å²) in [6.07, 6.45) is 4.72. The number of aldehydes is 1. The summed E-state index contributed by atoms with van der Waals surface area (Å²) in [4.78, 5) is 10.6. The molecule has 0 bridgehead atoms. The van der Waals surface area contributed by atoms with Crippen LogP contribution in [0.2, 0.25) is 0 Å². The lowest BCUT2D eigenvalue weighted by Crippen LogP contribution is -2.23. The van der Waals surface area contributed by atoms with Crippen LogP contribution in [0.15, 0.2) is 0 Å². The van der Waals surface area contributed by atoms with E-state index >= 15 is 0 Å². The first-order valence-electron chi connectivity index (χ1n) is 4.27. The van der Waals surface area contributed by atoms with Gasteiger partial charge in [-0.25, -0.2) is 0 Å². The van der Waals surface area contributed by atoms with Crippen LogP contribution in [0, 0.1) is 11.8 Å².